The van der Waals surface area contributed by atoms with E-state index in [-0.39, 0.29) is 12.8 Å². The van der Waals surface area contributed by atoms with Crippen LogP contribution >= 0.6 is 11.3 Å². The Bertz CT molecular complexity index is 995. The molecule has 5 rings (SSSR count). The molecule has 8 nitrogen and oxygen atoms in total. The highest BCUT2D eigenvalue weighted by Crippen LogP contribution is 2.36. The second kappa shape index (κ2) is 9.44. The SMILES string of the molecule is NCOC(c1nccs1)C1CCCN(c2ncnc3cc(N4CCOCC4)ccc23)C1. The minimum absolute atomic E-state index is 0.0752. The van der Waals surface area contributed by atoms with Gasteiger partial charge in [-0.2, -0.15) is 0 Å². The summed E-state index contributed by atoms with van der Waals surface area (Å²) in [6, 6.07) is 6.51. The topological polar surface area (TPSA) is 89.6 Å². The fourth-order valence-corrected chi connectivity index (χ4v) is 5.42. The van der Waals surface area contributed by atoms with E-state index < -0.39 is 0 Å². The summed E-state index contributed by atoms with van der Waals surface area (Å²) < 4.78 is 11.4. The maximum absolute atomic E-state index is 5.93. The number of hydrogen-bond acceptors (Lipinski definition) is 9. The fourth-order valence-electron chi connectivity index (χ4n) is 4.64. The molecule has 0 aliphatic carbocycles. The van der Waals surface area contributed by atoms with Gasteiger partial charge in [-0.1, -0.05) is 0 Å². The van der Waals surface area contributed by atoms with E-state index >= 15 is 0 Å². The molecule has 0 amide bonds. The van der Waals surface area contributed by atoms with Crippen LogP contribution in [-0.4, -0.2) is 61.1 Å². The lowest BCUT2D eigenvalue weighted by atomic mass is 9.92. The van der Waals surface area contributed by atoms with E-state index in [0.717, 1.165) is 74.0 Å². The standard InChI is InChI=1S/C22H28N6O2S/c23-14-30-20(22-24-5-11-31-22)16-2-1-6-28(13-16)21-18-4-3-17(12-19(18)25-15-26-21)27-7-9-29-10-8-27/h3-5,11-12,15-16,20H,1-2,6-10,13-14,23H2. The molecule has 2 aliphatic rings. The molecule has 2 fully saturated rings. The Kier molecular flexibility index (Phi) is 6.26. The van der Waals surface area contributed by atoms with Gasteiger partial charge in [0.15, 0.2) is 0 Å². The summed E-state index contributed by atoms with van der Waals surface area (Å²) in [6.45, 7) is 5.40. The van der Waals surface area contributed by atoms with Crippen LogP contribution in [0.4, 0.5) is 11.5 Å². The smallest absolute Gasteiger partial charge is 0.139 e. The Labute approximate surface area is 186 Å². The van der Waals surface area contributed by atoms with Gasteiger partial charge in [-0.15, -0.1) is 11.3 Å². The summed E-state index contributed by atoms with van der Waals surface area (Å²) in [5.41, 5.74) is 7.92. The van der Waals surface area contributed by atoms with Gasteiger partial charge in [-0.05, 0) is 31.0 Å². The lowest BCUT2D eigenvalue weighted by molar-refractivity contribution is 0.00932. The first-order chi connectivity index (χ1) is 15.3. The minimum Gasteiger partial charge on any atom is -0.378 e. The molecule has 0 saturated carbocycles. The summed E-state index contributed by atoms with van der Waals surface area (Å²) in [5.74, 6) is 1.31. The van der Waals surface area contributed by atoms with Gasteiger partial charge in [0.25, 0.3) is 0 Å². The monoisotopic (exact) mass is 440 g/mol. The molecule has 2 unspecified atom stereocenters. The number of hydrogen-bond donors (Lipinski definition) is 1. The first-order valence-corrected chi connectivity index (χ1v) is 11.7. The maximum atomic E-state index is 5.93. The van der Waals surface area contributed by atoms with Gasteiger partial charge in [-0.3, -0.25) is 0 Å². The first-order valence-electron chi connectivity index (χ1n) is 10.9. The zero-order chi connectivity index (χ0) is 21.0. The number of morpholine rings is 1. The molecule has 0 bridgehead atoms. The molecular weight excluding hydrogens is 412 g/mol. The van der Waals surface area contributed by atoms with Crippen molar-refractivity contribution in [3.63, 3.8) is 0 Å². The van der Waals surface area contributed by atoms with Gasteiger partial charge < -0.3 is 25.0 Å². The van der Waals surface area contributed by atoms with Gasteiger partial charge in [0, 0.05) is 54.7 Å². The van der Waals surface area contributed by atoms with Crippen LogP contribution in [-0.2, 0) is 9.47 Å². The number of aromatic nitrogens is 3. The maximum Gasteiger partial charge on any atom is 0.139 e. The molecule has 3 aromatic rings. The van der Waals surface area contributed by atoms with Crippen LogP contribution in [0.15, 0.2) is 36.1 Å². The van der Waals surface area contributed by atoms with Crippen molar-refractivity contribution in [1.29, 1.82) is 0 Å². The van der Waals surface area contributed by atoms with Crippen molar-refractivity contribution in [3.8, 4) is 0 Å². The molecule has 4 heterocycles. The number of nitrogens with two attached hydrogens (primary N) is 1. The highest BCUT2D eigenvalue weighted by Gasteiger charge is 2.31. The van der Waals surface area contributed by atoms with Gasteiger partial charge in [0.05, 0.1) is 25.5 Å². The lowest BCUT2D eigenvalue weighted by Crippen LogP contribution is -2.39. The molecule has 0 spiro atoms. The molecule has 2 N–H and O–H groups in total. The van der Waals surface area contributed by atoms with Crippen molar-refractivity contribution >= 4 is 33.7 Å². The molecule has 31 heavy (non-hydrogen) atoms. The van der Waals surface area contributed by atoms with Gasteiger partial charge in [0.2, 0.25) is 0 Å². The lowest BCUT2D eigenvalue weighted by Gasteiger charge is -2.37. The van der Waals surface area contributed by atoms with Crippen LogP contribution in [0.5, 0.6) is 0 Å². The molecule has 9 heteroatoms. The van der Waals surface area contributed by atoms with Crippen molar-refractivity contribution in [2.75, 3.05) is 55.9 Å². The summed E-state index contributed by atoms with van der Waals surface area (Å²) in [4.78, 5) is 18.5. The van der Waals surface area contributed by atoms with Crippen molar-refractivity contribution < 1.29 is 9.47 Å². The van der Waals surface area contributed by atoms with Crippen LogP contribution in [0.25, 0.3) is 10.9 Å². The van der Waals surface area contributed by atoms with Crippen molar-refractivity contribution in [1.82, 2.24) is 15.0 Å². The Morgan fingerprint density at radius 2 is 2.06 bits per heavy atom. The number of fused-ring (bicyclic) bond motifs is 1. The van der Waals surface area contributed by atoms with Gasteiger partial charge >= 0.3 is 0 Å². The summed E-state index contributed by atoms with van der Waals surface area (Å²) in [7, 11) is 0. The Morgan fingerprint density at radius 3 is 2.87 bits per heavy atom. The number of ether oxygens (including phenoxy) is 2. The highest BCUT2D eigenvalue weighted by atomic mass is 32.1. The van der Waals surface area contributed by atoms with Crippen molar-refractivity contribution in [2.24, 2.45) is 11.7 Å². The zero-order valence-electron chi connectivity index (χ0n) is 17.5. The summed E-state index contributed by atoms with van der Waals surface area (Å²) >= 11 is 1.63. The number of rotatable bonds is 6. The number of thiazole rings is 1. The van der Waals surface area contributed by atoms with E-state index in [2.05, 4.69) is 43.0 Å². The molecule has 2 aliphatic heterocycles. The van der Waals surface area contributed by atoms with Crippen LogP contribution in [0.1, 0.15) is 24.0 Å². The van der Waals surface area contributed by atoms with E-state index in [1.54, 1.807) is 17.7 Å². The quantitative estimate of drug-likeness (QED) is 0.586. The Hall–Kier alpha value is -2.33. The molecule has 2 atom stereocenters. The normalized spacial score (nSPS) is 20.9. The predicted molar refractivity (Wildman–Crippen MR) is 123 cm³/mol. The number of anilines is 2. The zero-order valence-corrected chi connectivity index (χ0v) is 18.3. The molecule has 2 saturated heterocycles. The Morgan fingerprint density at radius 1 is 1.16 bits per heavy atom. The van der Waals surface area contributed by atoms with Crippen LogP contribution in [0.3, 0.4) is 0 Å². The highest BCUT2D eigenvalue weighted by molar-refractivity contribution is 7.09. The molecular formula is C22H28N6O2S. The largest absolute Gasteiger partial charge is 0.378 e. The van der Waals surface area contributed by atoms with Crippen molar-refractivity contribution in [2.45, 2.75) is 18.9 Å². The van der Waals surface area contributed by atoms with E-state index in [9.17, 15) is 0 Å². The Balaban J connectivity index is 1.40. The number of piperidine rings is 1. The van der Waals surface area contributed by atoms with Gasteiger partial charge in [0.1, 0.15) is 23.3 Å². The fraction of sp³-hybridized carbons (Fsp3) is 0.500. The molecule has 164 valence electrons. The molecule has 0 radical (unpaired) electrons. The number of nitrogens with zero attached hydrogens (tertiary/aromatic N) is 5. The third-order valence-corrected chi connectivity index (χ3v) is 6.97. The second-order valence-electron chi connectivity index (χ2n) is 7.97. The molecule has 1 aromatic carbocycles. The second-order valence-corrected chi connectivity index (χ2v) is 8.90. The molecule has 2 aromatic heterocycles. The van der Waals surface area contributed by atoms with E-state index in [1.807, 2.05) is 11.6 Å². The average Bonchev–Trinajstić information content (AvgIpc) is 3.37. The predicted octanol–water partition coefficient (Wildman–Crippen LogP) is 2.81. The third-order valence-electron chi connectivity index (χ3n) is 6.13. The first kappa shape index (κ1) is 20.6. The van der Waals surface area contributed by atoms with Crippen LogP contribution < -0.4 is 15.5 Å². The third kappa shape index (κ3) is 4.36. The average molecular weight is 441 g/mol. The van der Waals surface area contributed by atoms with E-state index in [4.69, 9.17) is 15.2 Å². The van der Waals surface area contributed by atoms with Gasteiger partial charge in [-0.25, -0.2) is 15.0 Å². The minimum atomic E-state index is -0.0752. The van der Waals surface area contributed by atoms with Crippen LogP contribution in [0, 0.1) is 5.92 Å². The van der Waals surface area contributed by atoms with Crippen molar-refractivity contribution in [3.05, 3.63) is 41.1 Å². The van der Waals surface area contributed by atoms with Crippen LogP contribution in [0.2, 0.25) is 0 Å². The number of benzene rings is 1. The summed E-state index contributed by atoms with van der Waals surface area (Å²) in [6.07, 6.45) is 5.60. The van der Waals surface area contributed by atoms with E-state index in [0.29, 0.717) is 5.92 Å². The summed E-state index contributed by atoms with van der Waals surface area (Å²) in [5, 5.41) is 4.08. The van der Waals surface area contributed by atoms with E-state index in [1.165, 1.54) is 5.69 Å².